The molecule has 7 nitrogen and oxygen atoms in total. The molecule has 0 fully saturated rings. The van der Waals surface area contributed by atoms with Crippen LogP contribution < -0.4 is 18.9 Å². The first-order chi connectivity index (χ1) is 13.5. The molecule has 2 unspecified atom stereocenters. The Balaban J connectivity index is 1.78. The normalized spacial score (nSPS) is 25.0. The van der Waals surface area contributed by atoms with Gasteiger partial charge in [-0.05, 0) is 48.9 Å². The van der Waals surface area contributed by atoms with E-state index in [-0.39, 0.29) is 12.6 Å². The first-order valence-electron chi connectivity index (χ1n) is 9.16. The molecule has 1 N–H and O–H groups in total. The highest BCUT2D eigenvalue weighted by atomic mass is 16.7. The van der Waals surface area contributed by atoms with Gasteiger partial charge in [0.2, 0.25) is 6.79 Å². The number of carbonyl (C=O) groups excluding carboxylic acids is 1. The molecule has 2 atom stereocenters. The number of carbonyl (C=O) groups is 1. The number of hydrogen-bond acceptors (Lipinski definition) is 7. The predicted octanol–water partition coefficient (Wildman–Crippen LogP) is 2.05. The van der Waals surface area contributed by atoms with Crippen LogP contribution in [0.2, 0.25) is 0 Å². The maximum absolute atomic E-state index is 13.8. The fraction of sp³-hybridized carbons (Fsp3) is 0.381. The Morgan fingerprint density at radius 3 is 2.64 bits per heavy atom. The van der Waals surface area contributed by atoms with Gasteiger partial charge in [-0.25, -0.2) is 0 Å². The zero-order valence-electron chi connectivity index (χ0n) is 15.9. The lowest BCUT2D eigenvalue weighted by Gasteiger charge is -2.44. The molecule has 1 spiro atoms. The van der Waals surface area contributed by atoms with Crippen LogP contribution in [0.4, 0.5) is 0 Å². The molecule has 0 aromatic heterocycles. The Morgan fingerprint density at radius 2 is 1.93 bits per heavy atom. The minimum absolute atomic E-state index is 0.154. The summed E-state index contributed by atoms with van der Waals surface area (Å²) < 4.78 is 22.0. The molecule has 2 heterocycles. The third kappa shape index (κ3) is 1.92. The van der Waals surface area contributed by atoms with E-state index in [1.165, 1.54) is 14.2 Å². The largest absolute Gasteiger partial charge is 0.493 e. The quantitative estimate of drug-likeness (QED) is 0.850. The van der Waals surface area contributed by atoms with Gasteiger partial charge in [0.1, 0.15) is 11.6 Å². The lowest BCUT2D eigenvalue weighted by Crippen LogP contribution is -2.54. The lowest BCUT2D eigenvalue weighted by atomic mass is 9.76. The monoisotopic (exact) mass is 383 g/mol. The standard InChI is InChI=1S/C21H21NO6/c1-22-7-6-11-8-15-16(28-10-27-15)9-13(11)21(22)19(23)12-4-5-14(25-2)18(26-3)17(12)20(21)24/h4-5,8-9,20,24H,6-7,10H2,1-3H3. The third-order valence-electron chi connectivity index (χ3n) is 6.17. The van der Waals surface area contributed by atoms with Crippen LogP contribution in [0, 0.1) is 0 Å². The molecule has 5 rings (SSSR count). The molecular formula is C21H21NO6. The van der Waals surface area contributed by atoms with Crippen LogP contribution in [-0.4, -0.2) is 50.4 Å². The highest BCUT2D eigenvalue weighted by Gasteiger charge is 2.60. The average molecular weight is 383 g/mol. The maximum atomic E-state index is 13.8. The molecule has 146 valence electrons. The summed E-state index contributed by atoms with van der Waals surface area (Å²) in [5.41, 5.74) is 1.40. The summed E-state index contributed by atoms with van der Waals surface area (Å²) in [6, 6.07) is 7.16. The molecule has 28 heavy (non-hydrogen) atoms. The van der Waals surface area contributed by atoms with Crippen molar-refractivity contribution in [3.63, 3.8) is 0 Å². The molecule has 3 aliphatic rings. The Hall–Kier alpha value is -2.77. The molecule has 2 aliphatic heterocycles. The Bertz CT molecular complexity index is 1000. The van der Waals surface area contributed by atoms with Crippen molar-refractivity contribution in [1.29, 1.82) is 0 Å². The van der Waals surface area contributed by atoms with Crippen LogP contribution in [0.15, 0.2) is 24.3 Å². The van der Waals surface area contributed by atoms with Crippen molar-refractivity contribution in [3.8, 4) is 23.0 Å². The fourth-order valence-corrected chi connectivity index (χ4v) is 4.83. The van der Waals surface area contributed by atoms with Crippen molar-refractivity contribution < 1.29 is 28.8 Å². The zero-order chi connectivity index (χ0) is 19.6. The van der Waals surface area contributed by atoms with E-state index in [9.17, 15) is 9.90 Å². The number of rotatable bonds is 2. The van der Waals surface area contributed by atoms with Gasteiger partial charge in [0.05, 0.1) is 14.2 Å². The van der Waals surface area contributed by atoms with Crippen molar-refractivity contribution >= 4 is 5.78 Å². The summed E-state index contributed by atoms with van der Waals surface area (Å²) in [6.45, 7) is 0.783. The zero-order valence-corrected chi connectivity index (χ0v) is 15.9. The Kier molecular flexibility index (Phi) is 3.63. The highest BCUT2D eigenvalue weighted by Crippen LogP contribution is 2.57. The van der Waals surface area contributed by atoms with Gasteiger partial charge in [-0.3, -0.25) is 9.69 Å². The number of fused-ring (bicyclic) bond motifs is 4. The number of hydrogen-bond donors (Lipinski definition) is 1. The topological polar surface area (TPSA) is 77.5 Å². The first kappa shape index (κ1) is 17.3. The Labute approximate surface area is 162 Å². The van der Waals surface area contributed by atoms with Crippen molar-refractivity contribution in [2.45, 2.75) is 18.1 Å². The number of ketones is 1. The number of nitrogens with zero attached hydrogens (tertiary/aromatic N) is 1. The van der Waals surface area contributed by atoms with Gasteiger partial charge in [-0.15, -0.1) is 0 Å². The number of likely N-dealkylation sites (N-methyl/N-ethyl adjacent to an activating group) is 1. The van der Waals surface area contributed by atoms with E-state index in [0.29, 0.717) is 40.7 Å². The summed E-state index contributed by atoms with van der Waals surface area (Å²) in [5.74, 6) is 1.98. The molecule has 7 heteroatoms. The van der Waals surface area contributed by atoms with Crippen LogP contribution >= 0.6 is 0 Å². The number of benzene rings is 2. The SMILES string of the molecule is COc1ccc2c(c1OC)C(O)C1(C2=O)c2cc3c(cc2CCN1C)OCO3. The van der Waals surface area contributed by atoms with Gasteiger partial charge >= 0.3 is 0 Å². The number of aliphatic hydroxyl groups is 1. The average Bonchev–Trinajstić information content (AvgIpc) is 3.25. The van der Waals surface area contributed by atoms with Crippen LogP contribution in [0.25, 0.3) is 0 Å². The molecule has 1 aliphatic carbocycles. The van der Waals surface area contributed by atoms with Gasteiger partial charge in [-0.1, -0.05) is 0 Å². The molecule has 0 radical (unpaired) electrons. The summed E-state index contributed by atoms with van der Waals surface area (Å²) in [7, 11) is 4.91. The van der Waals surface area contributed by atoms with Crippen molar-refractivity contribution in [3.05, 3.63) is 46.5 Å². The van der Waals surface area contributed by atoms with Gasteiger partial charge in [0, 0.05) is 17.7 Å². The minimum Gasteiger partial charge on any atom is -0.493 e. The number of ether oxygens (including phenoxy) is 4. The van der Waals surface area contributed by atoms with Crippen molar-refractivity contribution in [1.82, 2.24) is 4.90 Å². The van der Waals surface area contributed by atoms with Crippen molar-refractivity contribution in [2.75, 3.05) is 34.6 Å². The molecular weight excluding hydrogens is 362 g/mol. The maximum Gasteiger partial charge on any atom is 0.231 e. The third-order valence-corrected chi connectivity index (χ3v) is 6.17. The molecule has 0 saturated heterocycles. The van der Waals surface area contributed by atoms with Crippen LogP contribution in [0.1, 0.15) is 33.2 Å². The van der Waals surface area contributed by atoms with Gasteiger partial charge < -0.3 is 24.1 Å². The number of aliphatic hydroxyl groups excluding tert-OH is 1. The summed E-state index contributed by atoms with van der Waals surface area (Å²) in [4.78, 5) is 15.7. The Morgan fingerprint density at radius 1 is 1.18 bits per heavy atom. The summed E-state index contributed by atoms with van der Waals surface area (Å²) in [5, 5.41) is 11.6. The minimum atomic E-state index is -1.24. The highest BCUT2D eigenvalue weighted by molar-refractivity contribution is 6.10. The van der Waals surface area contributed by atoms with E-state index in [4.69, 9.17) is 18.9 Å². The van der Waals surface area contributed by atoms with E-state index in [1.54, 1.807) is 12.1 Å². The van der Waals surface area contributed by atoms with Gasteiger partial charge in [0.25, 0.3) is 0 Å². The second-order valence-electron chi connectivity index (χ2n) is 7.29. The second-order valence-corrected chi connectivity index (χ2v) is 7.29. The molecule has 0 saturated carbocycles. The molecule has 0 amide bonds. The molecule has 2 aromatic carbocycles. The van der Waals surface area contributed by atoms with Gasteiger partial charge in [-0.2, -0.15) is 0 Å². The lowest BCUT2D eigenvalue weighted by molar-refractivity contribution is -0.00841. The molecule has 0 bridgehead atoms. The van der Waals surface area contributed by atoms with E-state index in [2.05, 4.69) is 0 Å². The smallest absolute Gasteiger partial charge is 0.231 e. The summed E-state index contributed by atoms with van der Waals surface area (Å²) >= 11 is 0. The van der Waals surface area contributed by atoms with E-state index in [1.807, 2.05) is 24.1 Å². The second kappa shape index (κ2) is 5.86. The number of methoxy groups -OCH3 is 2. The van der Waals surface area contributed by atoms with E-state index >= 15 is 0 Å². The van der Waals surface area contributed by atoms with E-state index < -0.39 is 11.6 Å². The number of Topliss-reactive ketones (excluding diaryl/α,β-unsaturated/α-hetero) is 1. The summed E-state index contributed by atoms with van der Waals surface area (Å²) in [6.07, 6.45) is -0.356. The van der Waals surface area contributed by atoms with Crippen LogP contribution in [0.3, 0.4) is 0 Å². The predicted molar refractivity (Wildman–Crippen MR) is 99.4 cm³/mol. The van der Waals surface area contributed by atoms with Gasteiger partial charge in [0.15, 0.2) is 28.8 Å². The fourth-order valence-electron chi connectivity index (χ4n) is 4.83. The van der Waals surface area contributed by atoms with Crippen LogP contribution in [-0.2, 0) is 12.0 Å². The molecule has 2 aromatic rings. The van der Waals surface area contributed by atoms with Crippen LogP contribution in [0.5, 0.6) is 23.0 Å². The van der Waals surface area contributed by atoms with E-state index in [0.717, 1.165) is 17.5 Å². The first-order valence-corrected chi connectivity index (χ1v) is 9.16. The van der Waals surface area contributed by atoms with Crippen molar-refractivity contribution in [2.24, 2.45) is 0 Å².